The van der Waals surface area contributed by atoms with Crippen molar-refractivity contribution >= 4 is 17.9 Å². The molecule has 1 aromatic carbocycles. The molecule has 0 fully saturated rings. The number of nitrogens with zero attached hydrogens (tertiary/aromatic N) is 2. The summed E-state index contributed by atoms with van der Waals surface area (Å²) in [6.45, 7) is 1.54. The van der Waals surface area contributed by atoms with Crippen LogP contribution in [0.2, 0.25) is 5.15 Å². The number of benzene rings is 1. The third-order valence-electron chi connectivity index (χ3n) is 2.59. The van der Waals surface area contributed by atoms with Crippen LogP contribution >= 0.6 is 11.6 Å². The minimum absolute atomic E-state index is 0.0309. The van der Waals surface area contributed by atoms with Crippen molar-refractivity contribution in [3.8, 4) is 11.3 Å². The second-order valence-corrected chi connectivity index (χ2v) is 4.38. The molecule has 0 saturated carbocycles. The van der Waals surface area contributed by atoms with Crippen molar-refractivity contribution in [2.75, 3.05) is 0 Å². The molecule has 0 bridgehead atoms. The maximum atomic E-state index is 12.7. The monoisotopic (exact) mass is 300 g/mol. The van der Waals surface area contributed by atoms with Gasteiger partial charge in [-0.05, 0) is 19.1 Å². The fraction of sp³-hybridized carbons (Fsp3) is 0.154. The minimum atomic E-state index is -4.47. The SMILES string of the molecule is Cc1nc(Cl)c(C=O)c(-c2cccc(C(F)(F)F)c2)n1. The highest BCUT2D eigenvalue weighted by Crippen LogP contribution is 2.33. The molecule has 0 N–H and O–H groups in total. The van der Waals surface area contributed by atoms with Crippen molar-refractivity contribution in [1.29, 1.82) is 0 Å². The molecular formula is C13H8ClF3N2O. The summed E-state index contributed by atoms with van der Waals surface area (Å²) >= 11 is 5.81. The van der Waals surface area contributed by atoms with Crippen LogP contribution in [0.5, 0.6) is 0 Å². The van der Waals surface area contributed by atoms with E-state index in [9.17, 15) is 18.0 Å². The van der Waals surface area contributed by atoms with Gasteiger partial charge in [-0.15, -0.1) is 0 Å². The molecule has 20 heavy (non-hydrogen) atoms. The summed E-state index contributed by atoms with van der Waals surface area (Å²) < 4.78 is 38.1. The molecule has 1 aromatic heterocycles. The summed E-state index contributed by atoms with van der Waals surface area (Å²) in [5.74, 6) is 0.271. The smallest absolute Gasteiger partial charge is 0.298 e. The van der Waals surface area contributed by atoms with E-state index in [1.165, 1.54) is 19.1 Å². The molecule has 2 rings (SSSR count). The van der Waals surface area contributed by atoms with Crippen LogP contribution in [0.15, 0.2) is 24.3 Å². The first kappa shape index (κ1) is 14.5. The van der Waals surface area contributed by atoms with Crippen LogP contribution in [-0.2, 0) is 6.18 Å². The Hall–Kier alpha value is -1.95. The molecule has 0 aliphatic heterocycles. The number of carbonyl (C=O) groups is 1. The van der Waals surface area contributed by atoms with Crippen LogP contribution in [0.1, 0.15) is 21.7 Å². The van der Waals surface area contributed by atoms with Gasteiger partial charge in [0.2, 0.25) is 0 Å². The van der Waals surface area contributed by atoms with Crippen LogP contribution in [-0.4, -0.2) is 16.3 Å². The van der Waals surface area contributed by atoms with Gasteiger partial charge >= 0.3 is 6.18 Å². The Labute approximate surface area is 117 Å². The van der Waals surface area contributed by atoms with E-state index in [0.29, 0.717) is 6.29 Å². The summed E-state index contributed by atoms with van der Waals surface area (Å²) in [6, 6.07) is 4.54. The van der Waals surface area contributed by atoms with E-state index >= 15 is 0 Å². The van der Waals surface area contributed by atoms with E-state index in [1.54, 1.807) is 0 Å². The van der Waals surface area contributed by atoms with E-state index in [1.807, 2.05) is 0 Å². The Kier molecular flexibility index (Phi) is 3.76. The third kappa shape index (κ3) is 2.80. The number of carbonyl (C=O) groups excluding carboxylic acids is 1. The Morgan fingerprint density at radius 2 is 1.95 bits per heavy atom. The number of hydrogen-bond donors (Lipinski definition) is 0. The van der Waals surface area contributed by atoms with Gasteiger partial charge in [-0.25, -0.2) is 9.97 Å². The van der Waals surface area contributed by atoms with Gasteiger partial charge in [0, 0.05) is 5.56 Å². The van der Waals surface area contributed by atoms with E-state index in [-0.39, 0.29) is 27.8 Å². The van der Waals surface area contributed by atoms with E-state index in [4.69, 9.17) is 11.6 Å². The van der Waals surface area contributed by atoms with Crippen LogP contribution in [0, 0.1) is 6.92 Å². The van der Waals surface area contributed by atoms with Crippen molar-refractivity contribution in [2.24, 2.45) is 0 Å². The standard InChI is InChI=1S/C13H8ClF3N2O/c1-7-18-11(10(6-20)12(14)19-7)8-3-2-4-9(5-8)13(15,16)17/h2-6H,1H3. The maximum absolute atomic E-state index is 12.7. The van der Waals surface area contributed by atoms with Gasteiger partial charge in [-0.2, -0.15) is 13.2 Å². The average Bonchev–Trinajstić information content (AvgIpc) is 2.37. The molecular weight excluding hydrogens is 293 g/mol. The molecule has 0 atom stereocenters. The number of aryl methyl sites for hydroxylation is 1. The fourth-order valence-electron chi connectivity index (χ4n) is 1.71. The Balaban J connectivity index is 2.66. The molecule has 0 aliphatic carbocycles. The average molecular weight is 301 g/mol. The van der Waals surface area contributed by atoms with Gasteiger partial charge in [0.05, 0.1) is 16.8 Å². The van der Waals surface area contributed by atoms with Crippen LogP contribution in [0.3, 0.4) is 0 Å². The normalized spacial score (nSPS) is 11.4. The lowest BCUT2D eigenvalue weighted by Gasteiger charge is -2.10. The second kappa shape index (κ2) is 5.20. The predicted molar refractivity (Wildman–Crippen MR) is 67.6 cm³/mol. The lowest BCUT2D eigenvalue weighted by atomic mass is 10.0. The van der Waals surface area contributed by atoms with Crippen molar-refractivity contribution in [2.45, 2.75) is 13.1 Å². The Morgan fingerprint density at radius 1 is 1.25 bits per heavy atom. The number of rotatable bonds is 2. The molecule has 3 nitrogen and oxygen atoms in total. The predicted octanol–water partition coefficient (Wildman–Crippen LogP) is 3.94. The summed E-state index contributed by atoms with van der Waals surface area (Å²) in [6.07, 6.45) is -4.04. The maximum Gasteiger partial charge on any atom is 0.416 e. The summed E-state index contributed by atoms with van der Waals surface area (Å²) in [4.78, 5) is 18.8. The molecule has 2 aromatic rings. The Bertz CT molecular complexity index is 671. The van der Waals surface area contributed by atoms with E-state index in [0.717, 1.165) is 12.1 Å². The molecule has 0 saturated heterocycles. The molecule has 0 spiro atoms. The van der Waals surface area contributed by atoms with Gasteiger partial charge in [0.15, 0.2) is 6.29 Å². The van der Waals surface area contributed by atoms with Crippen molar-refractivity contribution in [1.82, 2.24) is 9.97 Å². The van der Waals surface area contributed by atoms with Gasteiger partial charge in [0.1, 0.15) is 11.0 Å². The first-order valence-electron chi connectivity index (χ1n) is 5.50. The zero-order valence-corrected chi connectivity index (χ0v) is 11.0. The largest absolute Gasteiger partial charge is 0.416 e. The second-order valence-electron chi connectivity index (χ2n) is 4.02. The van der Waals surface area contributed by atoms with Gasteiger partial charge < -0.3 is 0 Å². The summed E-state index contributed by atoms with van der Waals surface area (Å²) in [5, 5.41) is -0.0834. The molecule has 0 radical (unpaired) electrons. The van der Waals surface area contributed by atoms with Gasteiger partial charge in [0.25, 0.3) is 0 Å². The highest BCUT2D eigenvalue weighted by atomic mass is 35.5. The van der Waals surface area contributed by atoms with Crippen molar-refractivity contribution in [3.63, 3.8) is 0 Å². The van der Waals surface area contributed by atoms with Gasteiger partial charge in [-0.3, -0.25) is 4.79 Å². The highest BCUT2D eigenvalue weighted by molar-refractivity contribution is 6.32. The van der Waals surface area contributed by atoms with E-state index in [2.05, 4.69) is 9.97 Å². The molecule has 0 amide bonds. The quantitative estimate of drug-likeness (QED) is 0.623. The molecule has 0 aliphatic rings. The number of alkyl halides is 3. The lowest BCUT2D eigenvalue weighted by Crippen LogP contribution is -2.05. The third-order valence-corrected chi connectivity index (χ3v) is 2.88. The van der Waals surface area contributed by atoms with Crippen LogP contribution < -0.4 is 0 Å². The first-order chi connectivity index (χ1) is 9.32. The van der Waals surface area contributed by atoms with Crippen LogP contribution in [0.4, 0.5) is 13.2 Å². The fourth-order valence-corrected chi connectivity index (χ4v) is 1.97. The van der Waals surface area contributed by atoms with E-state index < -0.39 is 11.7 Å². The number of aromatic nitrogens is 2. The molecule has 7 heteroatoms. The lowest BCUT2D eigenvalue weighted by molar-refractivity contribution is -0.137. The zero-order valence-electron chi connectivity index (χ0n) is 10.2. The van der Waals surface area contributed by atoms with Crippen LogP contribution in [0.25, 0.3) is 11.3 Å². The zero-order chi connectivity index (χ0) is 14.9. The number of aldehydes is 1. The van der Waals surface area contributed by atoms with Crippen molar-refractivity contribution < 1.29 is 18.0 Å². The molecule has 104 valence electrons. The first-order valence-corrected chi connectivity index (χ1v) is 5.87. The van der Waals surface area contributed by atoms with Gasteiger partial charge in [-0.1, -0.05) is 23.7 Å². The van der Waals surface area contributed by atoms with Crippen molar-refractivity contribution in [3.05, 3.63) is 46.4 Å². The summed E-state index contributed by atoms with van der Waals surface area (Å²) in [5.41, 5.74) is -0.603. The number of halogens is 4. The molecule has 0 unspecified atom stereocenters. The minimum Gasteiger partial charge on any atom is -0.298 e. The number of hydrogen-bond acceptors (Lipinski definition) is 3. The molecule has 1 heterocycles. The highest BCUT2D eigenvalue weighted by Gasteiger charge is 2.30. The summed E-state index contributed by atoms with van der Waals surface area (Å²) in [7, 11) is 0. The topological polar surface area (TPSA) is 42.9 Å². The Morgan fingerprint density at radius 3 is 2.55 bits per heavy atom.